The summed E-state index contributed by atoms with van der Waals surface area (Å²) < 4.78 is 1.70. The van der Waals surface area contributed by atoms with Gasteiger partial charge >= 0.3 is 5.97 Å². The second-order valence-electron chi connectivity index (χ2n) is 5.27. The van der Waals surface area contributed by atoms with Crippen molar-refractivity contribution < 1.29 is 14.7 Å². The zero-order chi connectivity index (χ0) is 17.1. The van der Waals surface area contributed by atoms with Crippen molar-refractivity contribution in [3.8, 4) is 0 Å². The number of amides is 1. The molecule has 2 N–H and O–H groups in total. The second-order valence-corrected chi connectivity index (χ2v) is 6.14. The van der Waals surface area contributed by atoms with Gasteiger partial charge in [0.1, 0.15) is 11.7 Å². The lowest BCUT2D eigenvalue weighted by Gasteiger charge is -2.15. The molecular formula is C16H16Cl2N2O3. The van der Waals surface area contributed by atoms with E-state index < -0.39 is 17.9 Å². The van der Waals surface area contributed by atoms with Gasteiger partial charge in [-0.05, 0) is 42.8 Å². The minimum absolute atomic E-state index is 0.0881. The zero-order valence-electron chi connectivity index (χ0n) is 12.6. The van der Waals surface area contributed by atoms with Crippen molar-refractivity contribution in [1.82, 2.24) is 9.88 Å². The third-order valence-corrected chi connectivity index (χ3v) is 4.01. The normalized spacial score (nSPS) is 12.0. The maximum Gasteiger partial charge on any atom is 0.326 e. The fourth-order valence-corrected chi connectivity index (χ4v) is 2.81. The first-order valence-electron chi connectivity index (χ1n) is 6.89. The van der Waals surface area contributed by atoms with E-state index in [1.165, 1.54) is 0 Å². The molecule has 0 aliphatic carbocycles. The minimum Gasteiger partial charge on any atom is -0.480 e. The number of nitrogens with one attached hydrogen (secondary N) is 1. The lowest BCUT2D eigenvalue weighted by atomic mass is 10.1. The monoisotopic (exact) mass is 354 g/mol. The van der Waals surface area contributed by atoms with Gasteiger partial charge in [-0.3, -0.25) is 4.79 Å². The average Bonchev–Trinajstić information content (AvgIpc) is 2.77. The highest BCUT2D eigenvalue weighted by Crippen LogP contribution is 2.20. The quantitative estimate of drug-likeness (QED) is 0.866. The van der Waals surface area contributed by atoms with Gasteiger partial charge in [0.15, 0.2) is 0 Å². The van der Waals surface area contributed by atoms with Gasteiger partial charge in [-0.15, -0.1) is 0 Å². The van der Waals surface area contributed by atoms with Crippen LogP contribution in [0.25, 0.3) is 0 Å². The van der Waals surface area contributed by atoms with Crippen LogP contribution in [0, 0.1) is 6.92 Å². The van der Waals surface area contributed by atoms with Crippen LogP contribution in [0.15, 0.2) is 30.3 Å². The zero-order valence-corrected chi connectivity index (χ0v) is 14.1. The number of carbonyl (C=O) groups excluding carboxylic acids is 1. The van der Waals surface area contributed by atoms with Crippen LogP contribution in [-0.2, 0) is 18.3 Å². The van der Waals surface area contributed by atoms with E-state index in [0.717, 1.165) is 5.69 Å². The highest BCUT2D eigenvalue weighted by molar-refractivity contribution is 6.34. The van der Waals surface area contributed by atoms with Crippen LogP contribution in [0.1, 0.15) is 21.7 Å². The maximum atomic E-state index is 12.3. The Balaban J connectivity index is 2.17. The first kappa shape index (κ1) is 17.4. The number of carbonyl (C=O) groups is 2. The molecule has 122 valence electrons. The van der Waals surface area contributed by atoms with E-state index in [0.29, 0.717) is 21.3 Å². The molecule has 1 unspecified atom stereocenters. The summed E-state index contributed by atoms with van der Waals surface area (Å²) in [6.45, 7) is 1.86. The van der Waals surface area contributed by atoms with E-state index in [9.17, 15) is 14.7 Å². The fourth-order valence-electron chi connectivity index (χ4n) is 2.24. The van der Waals surface area contributed by atoms with E-state index in [2.05, 4.69) is 5.32 Å². The third kappa shape index (κ3) is 4.27. The maximum absolute atomic E-state index is 12.3. The molecule has 0 saturated carbocycles. The van der Waals surface area contributed by atoms with Crippen LogP contribution >= 0.6 is 23.2 Å². The molecule has 1 heterocycles. The summed E-state index contributed by atoms with van der Waals surface area (Å²) in [6.07, 6.45) is 0.0881. The number of halogens is 2. The van der Waals surface area contributed by atoms with Crippen molar-refractivity contribution in [1.29, 1.82) is 0 Å². The highest BCUT2D eigenvalue weighted by atomic mass is 35.5. The average molecular weight is 355 g/mol. The fraction of sp³-hybridized carbons (Fsp3) is 0.250. The van der Waals surface area contributed by atoms with Crippen molar-refractivity contribution in [2.45, 2.75) is 19.4 Å². The van der Waals surface area contributed by atoms with Crippen LogP contribution in [0.3, 0.4) is 0 Å². The second kappa shape index (κ2) is 7.06. The Labute approximate surface area is 143 Å². The van der Waals surface area contributed by atoms with Gasteiger partial charge in [0.05, 0.1) is 0 Å². The van der Waals surface area contributed by atoms with Gasteiger partial charge in [0, 0.05) is 29.2 Å². The van der Waals surface area contributed by atoms with E-state index >= 15 is 0 Å². The summed E-state index contributed by atoms with van der Waals surface area (Å²) in [7, 11) is 1.75. The van der Waals surface area contributed by atoms with Gasteiger partial charge in [0.25, 0.3) is 5.91 Å². The molecule has 1 aromatic carbocycles. The predicted octanol–water partition coefficient (Wildman–Crippen LogP) is 3.07. The smallest absolute Gasteiger partial charge is 0.326 e. The molecule has 23 heavy (non-hydrogen) atoms. The lowest BCUT2D eigenvalue weighted by Crippen LogP contribution is -2.42. The van der Waals surface area contributed by atoms with Gasteiger partial charge < -0.3 is 15.0 Å². The molecule has 5 nitrogen and oxygen atoms in total. The SMILES string of the molecule is Cc1ccc(C(=O)NC(Cc2cc(Cl)cc(Cl)c2)C(=O)O)n1C. The summed E-state index contributed by atoms with van der Waals surface area (Å²) in [4.78, 5) is 23.7. The molecule has 0 aliphatic rings. The minimum atomic E-state index is -1.12. The summed E-state index contributed by atoms with van der Waals surface area (Å²) in [5.74, 6) is -1.57. The molecule has 1 amide bonds. The van der Waals surface area contributed by atoms with Crippen molar-refractivity contribution in [3.63, 3.8) is 0 Å². The van der Waals surface area contributed by atoms with Gasteiger partial charge in [0.2, 0.25) is 0 Å². The Bertz CT molecular complexity index is 736. The number of carboxylic acid groups (broad SMARTS) is 1. The standard InChI is InChI=1S/C16H16Cl2N2O3/c1-9-3-4-14(20(9)2)15(21)19-13(16(22)23)7-10-5-11(17)8-12(18)6-10/h3-6,8,13H,7H2,1-2H3,(H,19,21)(H,22,23). The largest absolute Gasteiger partial charge is 0.480 e. The number of aryl methyl sites for hydroxylation is 1. The molecule has 0 spiro atoms. The van der Waals surface area contributed by atoms with Crippen molar-refractivity contribution >= 4 is 35.1 Å². The van der Waals surface area contributed by atoms with Crippen molar-refractivity contribution in [2.24, 2.45) is 7.05 Å². The molecule has 1 aromatic heterocycles. The Morgan fingerprint density at radius 3 is 2.30 bits per heavy atom. The van der Waals surface area contributed by atoms with Gasteiger partial charge in [-0.25, -0.2) is 4.79 Å². The van der Waals surface area contributed by atoms with Gasteiger partial charge in [-0.2, -0.15) is 0 Å². The molecule has 0 aliphatic heterocycles. The van der Waals surface area contributed by atoms with Crippen molar-refractivity contribution in [2.75, 3.05) is 0 Å². The Hall–Kier alpha value is -1.98. The third-order valence-electron chi connectivity index (χ3n) is 3.57. The number of benzene rings is 1. The highest BCUT2D eigenvalue weighted by Gasteiger charge is 2.22. The van der Waals surface area contributed by atoms with E-state index in [1.54, 1.807) is 41.9 Å². The molecule has 0 radical (unpaired) electrons. The summed E-state index contributed by atoms with van der Waals surface area (Å²) >= 11 is 11.8. The summed E-state index contributed by atoms with van der Waals surface area (Å²) in [6, 6.07) is 7.19. The number of hydrogen-bond donors (Lipinski definition) is 2. The first-order chi connectivity index (χ1) is 10.8. The number of aliphatic carboxylic acids is 1. The van der Waals surface area contributed by atoms with Gasteiger partial charge in [-0.1, -0.05) is 23.2 Å². The molecule has 2 rings (SSSR count). The Morgan fingerprint density at radius 2 is 1.83 bits per heavy atom. The lowest BCUT2D eigenvalue weighted by molar-refractivity contribution is -0.139. The van der Waals surface area contributed by atoms with Crippen LogP contribution in [0.4, 0.5) is 0 Å². The number of rotatable bonds is 5. The van der Waals surface area contributed by atoms with E-state index in [1.807, 2.05) is 6.92 Å². The number of hydrogen-bond acceptors (Lipinski definition) is 2. The van der Waals surface area contributed by atoms with Crippen molar-refractivity contribution in [3.05, 3.63) is 57.3 Å². The van der Waals surface area contributed by atoms with Crippen LogP contribution in [0.2, 0.25) is 10.0 Å². The predicted molar refractivity (Wildman–Crippen MR) is 89.2 cm³/mol. The Morgan fingerprint density at radius 1 is 1.22 bits per heavy atom. The number of carboxylic acids is 1. The molecule has 0 fully saturated rings. The summed E-state index contributed by atoms with van der Waals surface area (Å²) in [5, 5.41) is 12.7. The molecule has 0 saturated heterocycles. The first-order valence-corrected chi connectivity index (χ1v) is 7.64. The molecule has 0 bridgehead atoms. The topological polar surface area (TPSA) is 71.3 Å². The molecule has 7 heteroatoms. The van der Waals surface area contributed by atoms with E-state index in [4.69, 9.17) is 23.2 Å². The van der Waals surface area contributed by atoms with E-state index in [-0.39, 0.29) is 6.42 Å². The number of aromatic nitrogens is 1. The molecule has 2 aromatic rings. The van der Waals surface area contributed by atoms with Crippen LogP contribution < -0.4 is 5.32 Å². The molecular weight excluding hydrogens is 339 g/mol. The van der Waals surface area contributed by atoms with Crippen LogP contribution in [-0.4, -0.2) is 27.6 Å². The Kier molecular flexibility index (Phi) is 5.34. The molecule has 1 atom stereocenters. The summed E-state index contributed by atoms with van der Waals surface area (Å²) in [5.41, 5.74) is 1.94. The number of nitrogens with zero attached hydrogens (tertiary/aromatic N) is 1. The van der Waals surface area contributed by atoms with Crippen LogP contribution in [0.5, 0.6) is 0 Å².